The van der Waals surface area contributed by atoms with E-state index in [1.165, 1.54) is 4.57 Å². The number of hydrogen-bond donors (Lipinski definition) is 2. The number of aromatic amines is 1. The average Bonchev–Trinajstić information content (AvgIpc) is 3.00. The van der Waals surface area contributed by atoms with Gasteiger partial charge in [-0.2, -0.15) is 0 Å². The topological polar surface area (TPSA) is 84.0 Å². The summed E-state index contributed by atoms with van der Waals surface area (Å²) >= 11 is 3.54. The summed E-state index contributed by atoms with van der Waals surface area (Å²) in [5.74, 6) is -0.225. The molecule has 6 nitrogen and oxygen atoms in total. The van der Waals surface area contributed by atoms with Crippen molar-refractivity contribution in [2.45, 2.75) is 30.1 Å². The zero-order chi connectivity index (χ0) is 18.3. The number of amides is 1. The fourth-order valence-electron chi connectivity index (χ4n) is 3.72. The molecule has 0 bridgehead atoms. The lowest BCUT2D eigenvalue weighted by Crippen LogP contribution is -2.43. The van der Waals surface area contributed by atoms with Crippen LogP contribution in [0.1, 0.15) is 29.4 Å². The van der Waals surface area contributed by atoms with Crippen LogP contribution in [0.3, 0.4) is 0 Å². The molecule has 134 valence electrons. The molecule has 2 aromatic rings. The number of H-pyrrole nitrogens is 1. The van der Waals surface area contributed by atoms with E-state index in [0.29, 0.717) is 37.2 Å². The van der Waals surface area contributed by atoms with Crippen molar-refractivity contribution in [3.8, 4) is 0 Å². The highest BCUT2D eigenvalue weighted by Gasteiger charge is 2.37. The third kappa shape index (κ3) is 2.96. The molecule has 1 amide bonds. The zero-order valence-corrected chi connectivity index (χ0v) is 15.6. The van der Waals surface area contributed by atoms with Crippen LogP contribution in [0.25, 0.3) is 5.57 Å². The molecule has 0 radical (unpaired) electrons. The highest BCUT2D eigenvalue weighted by atomic mass is 79.9. The molecule has 1 aromatic carbocycles. The van der Waals surface area contributed by atoms with E-state index < -0.39 is 17.2 Å². The van der Waals surface area contributed by atoms with Crippen LogP contribution in [0.2, 0.25) is 0 Å². The molecule has 2 atom stereocenters. The van der Waals surface area contributed by atoms with Gasteiger partial charge in [-0.25, -0.2) is 0 Å². The number of carbonyl (C=O) groups is 1. The van der Waals surface area contributed by atoms with Crippen LogP contribution >= 0.6 is 15.9 Å². The Kier molecular flexibility index (Phi) is 4.40. The van der Waals surface area contributed by atoms with Gasteiger partial charge < -0.3 is 10.3 Å². The van der Waals surface area contributed by atoms with Crippen molar-refractivity contribution in [3.63, 3.8) is 0 Å². The number of nitrogens with zero attached hydrogens (tertiary/aromatic N) is 1. The van der Waals surface area contributed by atoms with Crippen LogP contribution in [0.15, 0.2) is 46.0 Å². The second-order valence-electron chi connectivity index (χ2n) is 6.62. The van der Waals surface area contributed by atoms with E-state index in [1.807, 2.05) is 36.4 Å². The number of nitrogens with one attached hydrogen (secondary N) is 2. The Morgan fingerprint density at radius 3 is 2.77 bits per heavy atom. The number of carbonyl (C=O) groups excluding carboxylic acids is 1. The van der Waals surface area contributed by atoms with Gasteiger partial charge in [0, 0.05) is 29.9 Å². The van der Waals surface area contributed by atoms with Gasteiger partial charge in [-0.05, 0) is 17.6 Å². The lowest BCUT2D eigenvalue weighted by atomic mass is 9.98. The molecular formula is C19H18BrN3O3. The van der Waals surface area contributed by atoms with Gasteiger partial charge in [-0.1, -0.05) is 52.3 Å². The van der Waals surface area contributed by atoms with E-state index >= 15 is 0 Å². The maximum Gasteiger partial charge on any atom is 0.317 e. The molecule has 0 spiro atoms. The smallest absolute Gasteiger partial charge is 0.317 e. The third-order valence-corrected chi connectivity index (χ3v) is 5.46. The van der Waals surface area contributed by atoms with Gasteiger partial charge in [-0.3, -0.25) is 19.0 Å². The van der Waals surface area contributed by atoms with Gasteiger partial charge in [0.15, 0.2) is 0 Å². The van der Waals surface area contributed by atoms with Crippen LogP contribution in [0.5, 0.6) is 0 Å². The second-order valence-corrected chi connectivity index (χ2v) is 7.79. The number of allylic oxidation sites excluding steroid dienone is 2. The lowest BCUT2D eigenvalue weighted by molar-refractivity contribution is -0.124. The summed E-state index contributed by atoms with van der Waals surface area (Å²) in [6.45, 7) is 0.486. The van der Waals surface area contributed by atoms with E-state index in [9.17, 15) is 14.4 Å². The van der Waals surface area contributed by atoms with Crippen LogP contribution in [0.4, 0.5) is 0 Å². The Bertz CT molecular complexity index is 1010. The van der Waals surface area contributed by atoms with Crippen molar-refractivity contribution in [1.29, 1.82) is 0 Å². The summed E-state index contributed by atoms with van der Waals surface area (Å²) in [7, 11) is 0. The molecule has 26 heavy (non-hydrogen) atoms. The first-order valence-corrected chi connectivity index (χ1v) is 9.50. The summed E-state index contributed by atoms with van der Waals surface area (Å²) < 4.78 is 1.37. The number of hydrogen-bond acceptors (Lipinski definition) is 3. The number of alkyl halides is 1. The minimum absolute atomic E-state index is 0.0893. The van der Waals surface area contributed by atoms with E-state index in [2.05, 4.69) is 26.2 Å². The number of halogens is 1. The molecule has 1 aromatic heterocycles. The summed E-state index contributed by atoms with van der Waals surface area (Å²) in [6.07, 6.45) is 3.76. The molecule has 2 unspecified atom stereocenters. The highest BCUT2D eigenvalue weighted by Crippen LogP contribution is 2.39. The Labute approximate surface area is 158 Å². The van der Waals surface area contributed by atoms with Crippen LogP contribution in [0, 0.1) is 0 Å². The van der Waals surface area contributed by atoms with Crippen LogP contribution < -0.4 is 16.4 Å². The van der Waals surface area contributed by atoms with Crippen molar-refractivity contribution in [1.82, 2.24) is 14.9 Å². The fraction of sp³-hybridized carbons (Fsp3) is 0.316. The fourth-order valence-corrected chi connectivity index (χ4v) is 4.36. The maximum absolute atomic E-state index is 12.7. The van der Waals surface area contributed by atoms with Crippen molar-refractivity contribution in [2.24, 2.45) is 0 Å². The molecule has 0 fully saturated rings. The molecule has 7 heteroatoms. The van der Waals surface area contributed by atoms with E-state index in [0.717, 1.165) is 11.1 Å². The Hall–Kier alpha value is -2.41. The molecule has 4 rings (SSSR count). The van der Waals surface area contributed by atoms with Gasteiger partial charge in [0.05, 0.1) is 5.69 Å². The molecule has 0 saturated heterocycles. The van der Waals surface area contributed by atoms with Gasteiger partial charge in [0.1, 0.15) is 6.04 Å². The molecule has 1 aliphatic carbocycles. The number of benzene rings is 1. The SMILES string of the molecule is O=C(NCCc1ccccc1)C1CC2=CC(Br)Cc3[nH]c(=O)c(=O)n1c32. The summed E-state index contributed by atoms with van der Waals surface area (Å²) in [6, 6.07) is 9.21. The largest absolute Gasteiger partial charge is 0.354 e. The first-order chi connectivity index (χ1) is 12.5. The number of rotatable bonds is 4. The standard InChI is InChI=1S/C19H18BrN3O3/c20-13-8-12-9-15(17(24)21-7-6-11-4-2-1-3-5-11)23-16(12)14(10-13)22-18(25)19(23)26/h1-5,8,13,15H,6-7,9-10H2,(H,21,24)(H,22,25). The Morgan fingerprint density at radius 2 is 2.00 bits per heavy atom. The Balaban J connectivity index is 1.58. The summed E-state index contributed by atoms with van der Waals surface area (Å²) in [5, 5.41) is 2.91. The molecular weight excluding hydrogens is 398 g/mol. The number of aromatic nitrogens is 2. The maximum atomic E-state index is 12.7. The Morgan fingerprint density at radius 1 is 1.23 bits per heavy atom. The minimum atomic E-state index is -0.673. The van der Waals surface area contributed by atoms with Gasteiger partial charge in [-0.15, -0.1) is 0 Å². The molecule has 0 saturated carbocycles. The normalized spacial score (nSPS) is 20.4. The zero-order valence-electron chi connectivity index (χ0n) is 14.0. The van der Waals surface area contributed by atoms with Crippen molar-refractivity contribution < 1.29 is 4.79 Å². The molecule has 2 aliphatic rings. The van der Waals surface area contributed by atoms with Crippen molar-refractivity contribution >= 4 is 27.4 Å². The third-order valence-electron chi connectivity index (χ3n) is 4.87. The summed E-state index contributed by atoms with van der Waals surface area (Å²) in [4.78, 5) is 39.9. The van der Waals surface area contributed by atoms with Crippen molar-refractivity contribution in [2.75, 3.05) is 6.54 Å². The molecule has 1 aliphatic heterocycles. The van der Waals surface area contributed by atoms with E-state index in [1.54, 1.807) is 0 Å². The second kappa shape index (κ2) is 6.72. The van der Waals surface area contributed by atoms with Gasteiger partial charge >= 0.3 is 11.1 Å². The average molecular weight is 416 g/mol. The van der Waals surface area contributed by atoms with E-state index in [-0.39, 0.29) is 10.7 Å². The molecule has 2 heterocycles. The lowest BCUT2D eigenvalue weighted by Gasteiger charge is -2.18. The van der Waals surface area contributed by atoms with Gasteiger partial charge in [0.2, 0.25) is 5.91 Å². The van der Waals surface area contributed by atoms with Crippen LogP contribution in [-0.2, 0) is 17.6 Å². The monoisotopic (exact) mass is 415 g/mol. The first-order valence-electron chi connectivity index (χ1n) is 8.59. The summed E-state index contributed by atoms with van der Waals surface area (Å²) in [5.41, 5.74) is 2.15. The predicted octanol–water partition coefficient (Wildman–Crippen LogP) is 1.54. The molecule has 2 N–H and O–H groups in total. The highest BCUT2D eigenvalue weighted by molar-refractivity contribution is 9.09. The first kappa shape index (κ1) is 17.0. The van der Waals surface area contributed by atoms with E-state index in [4.69, 9.17) is 0 Å². The predicted molar refractivity (Wildman–Crippen MR) is 103 cm³/mol. The minimum Gasteiger partial charge on any atom is -0.354 e. The van der Waals surface area contributed by atoms with Crippen LogP contribution in [-0.4, -0.2) is 26.8 Å². The van der Waals surface area contributed by atoms with Gasteiger partial charge in [0.25, 0.3) is 0 Å². The quantitative estimate of drug-likeness (QED) is 0.586. The van der Waals surface area contributed by atoms with Crippen molar-refractivity contribution in [3.05, 3.63) is 74.1 Å².